The van der Waals surface area contributed by atoms with Gasteiger partial charge in [-0.1, -0.05) is 0 Å². The Labute approximate surface area is 149 Å². The van der Waals surface area contributed by atoms with Gasteiger partial charge in [0.15, 0.2) is 12.6 Å². The second-order valence-corrected chi connectivity index (χ2v) is 5.86. The molecule has 26 heavy (non-hydrogen) atoms. The molecular weight excluding hydrogens is 360 g/mol. The van der Waals surface area contributed by atoms with Crippen molar-refractivity contribution in [2.45, 2.75) is 62.2 Å². The first-order valence-corrected chi connectivity index (χ1v) is 8.03. The normalized spacial score (nSPS) is 34.3. The third-order valence-electron chi connectivity index (χ3n) is 3.88. The van der Waals surface area contributed by atoms with E-state index < -0.39 is 75.3 Å². The number of hydrogen-bond acceptors (Lipinski definition) is 12. The monoisotopic (exact) mass is 388 g/mol. The van der Waals surface area contributed by atoms with Crippen molar-refractivity contribution < 1.29 is 59.8 Å². The summed E-state index contributed by atoms with van der Waals surface area (Å²) in [7, 11) is 0. The van der Waals surface area contributed by atoms with Crippen LogP contribution in [0.1, 0.15) is 6.92 Å². The summed E-state index contributed by atoms with van der Waals surface area (Å²) in [5.74, 6) is 0. The first kappa shape index (κ1) is 23.6. The molecule has 1 heterocycles. The lowest BCUT2D eigenvalue weighted by molar-refractivity contribution is -0.335. The minimum atomic E-state index is -1.80. The van der Waals surface area contributed by atoms with E-state index in [4.69, 9.17) is 29.2 Å². The standard InChI is InChI=1S/C14H28O12/c1-6(18)9(4-23-5-17)24-13(22)8(3-16)26-14-12(21)11(20)10(19)7(2-15)25-14/h6-22H,2-5H2,1H3/t6-,7?,8-,9?,10+,11?,12-,13?,14-/m0/s1. The summed E-state index contributed by atoms with van der Waals surface area (Å²) in [6.45, 7) is -0.999. The van der Waals surface area contributed by atoms with Crippen molar-refractivity contribution in [3.8, 4) is 0 Å². The molecule has 0 amide bonds. The van der Waals surface area contributed by atoms with Crippen LogP contribution in [-0.2, 0) is 18.9 Å². The van der Waals surface area contributed by atoms with Crippen LogP contribution in [0, 0.1) is 0 Å². The fourth-order valence-corrected chi connectivity index (χ4v) is 2.28. The first-order chi connectivity index (χ1) is 12.3. The van der Waals surface area contributed by atoms with Crippen molar-refractivity contribution in [3.63, 3.8) is 0 Å². The molecule has 1 aliphatic heterocycles. The Morgan fingerprint density at radius 2 is 1.62 bits per heavy atom. The number of hydrogen-bond donors (Lipinski definition) is 8. The van der Waals surface area contributed by atoms with Gasteiger partial charge in [-0.15, -0.1) is 0 Å². The predicted molar refractivity (Wildman–Crippen MR) is 81.3 cm³/mol. The smallest absolute Gasteiger partial charge is 0.187 e. The molecule has 0 saturated carbocycles. The molecule has 0 aromatic rings. The Hall–Kier alpha value is -0.480. The molecule has 1 saturated heterocycles. The van der Waals surface area contributed by atoms with Gasteiger partial charge in [-0.2, -0.15) is 0 Å². The summed E-state index contributed by atoms with van der Waals surface area (Å²) in [5.41, 5.74) is 0. The Balaban J connectivity index is 2.71. The van der Waals surface area contributed by atoms with Gasteiger partial charge in [0.2, 0.25) is 0 Å². The Morgan fingerprint density at radius 1 is 0.962 bits per heavy atom. The second-order valence-electron chi connectivity index (χ2n) is 5.86. The molecule has 4 unspecified atom stereocenters. The van der Waals surface area contributed by atoms with Crippen molar-refractivity contribution in [1.82, 2.24) is 0 Å². The van der Waals surface area contributed by atoms with Crippen LogP contribution in [0.25, 0.3) is 0 Å². The van der Waals surface area contributed by atoms with Crippen molar-refractivity contribution in [3.05, 3.63) is 0 Å². The zero-order chi connectivity index (χ0) is 19.9. The Bertz CT molecular complexity index is 381. The number of ether oxygens (including phenoxy) is 4. The van der Waals surface area contributed by atoms with Gasteiger partial charge >= 0.3 is 0 Å². The average molecular weight is 388 g/mol. The molecule has 0 spiro atoms. The fraction of sp³-hybridized carbons (Fsp3) is 1.00. The van der Waals surface area contributed by atoms with Gasteiger partial charge in [-0.25, -0.2) is 0 Å². The van der Waals surface area contributed by atoms with Crippen LogP contribution >= 0.6 is 0 Å². The van der Waals surface area contributed by atoms with Crippen LogP contribution in [0.15, 0.2) is 0 Å². The van der Waals surface area contributed by atoms with E-state index in [0.29, 0.717) is 0 Å². The van der Waals surface area contributed by atoms with Crippen LogP contribution in [0.2, 0.25) is 0 Å². The lowest BCUT2D eigenvalue weighted by Gasteiger charge is -2.41. The zero-order valence-corrected chi connectivity index (χ0v) is 14.2. The highest BCUT2D eigenvalue weighted by molar-refractivity contribution is 4.89. The molecule has 156 valence electrons. The highest BCUT2D eigenvalue weighted by Crippen LogP contribution is 2.24. The van der Waals surface area contributed by atoms with E-state index in [1.54, 1.807) is 0 Å². The SMILES string of the molecule is C[C@H](O)C(COCO)OC(O)[C@H](CO)O[C@@H]1OC(CO)[C@@H](O)C(O)[C@@H]1O. The number of aliphatic hydroxyl groups excluding tert-OH is 8. The lowest BCUT2D eigenvalue weighted by atomic mass is 9.99. The minimum Gasteiger partial charge on any atom is -0.394 e. The molecule has 0 radical (unpaired) electrons. The fourth-order valence-electron chi connectivity index (χ4n) is 2.28. The third kappa shape index (κ3) is 6.30. The minimum absolute atomic E-state index is 0.260. The van der Waals surface area contributed by atoms with Gasteiger partial charge in [-0.05, 0) is 6.92 Å². The highest BCUT2D eigenvalue weighted by atomic mass is 16.7. The third-order valence-corrected chi connectivity index (χ3v) is 3.88. The molecule has 1 aliphatic rings. The van der Waals surface area contributed by atoms with Crippen LogP contribution in [0.4, 0.5) is 0 Å². The highest BCUT2D eigenvalue weighted by Gasteiger charge is 2.45. The topological polar surface area (TPSA) is 199 Å². The molecule has 12 nitrogen and oxygen atoms in total. The van der Waals surface area contributed by atoms with E-state index in [2.05, 4.69) is 0 Å². The molecule has 0 aliphatic carbocycles. The van der Waals surface area contributed by atoms with Crippen LogP contribution < -0.4 is 0 Å². The zero-order valence-electron chi connectivity index (χ0n) is 14.2. The average Bonchev–Trinajstić information content (AvgIpc) is 2.62. The molecule has 12 heteroatoms. The van der Waals surface area contributed by atoms with E-state index in [1.165, 1.54) is 6.92 Å². The van der Waals surface area contributed by atoms with Crippen molar-refractivity contribution in [2.75, 3.05) is 26.6 Å². The van der Waals surface area contributed by atoms with Gasteiger partial charge in [0.25, 0.3) is 0 Å². The summed E-state index contributed by atoms with van der Waals surface area (Å²) in [6.07, 6.45) is -13.2. The van der Waals surface area contributed by atoms with Crippen LogP contribution in [-0.4, -0.2) is 123 Å². The molecule has 1 rings (SSSR count). The summed E-state index contributed by atoms with van der Waals surface area (Å²) in [6, 6.07) is 0. The largest absolute Gasteiger partial charge is 0.394 e. The summed E-state index contributed by atoms with van der Waals surface area (Å²) >= 11 is 0. The molecule has 1 fully saturated rings. The first-order valence-electron chi connectivity index (χ1n) is 8.03. The van der Waals surface area contributed by atoms with E-state index in [9.17, 15) is 30.6 Å². The van der Waals surface area contributed by atoms with Gasteiger partial charge < -0.3 is 59.8 Å². The van der Waals surface area contributed by atoms with Crippen LogP contribution in [0.3, 0.4) is 0 Å². The molecule has 0 aromatic carbocycles. The van der Waals surface area contributed by atoms with Crippen LogP contribution in [0.5, 0.6) is 0 Å². The molecule has 0 bridgehead atoms. The second kappa shape index (κ2) is 11.4. The van der Waals surface area contributed by atoms with Gasteiger partial charge in [0.05, 0.1) is 25.9 Å². The number of aliphatic hydroxyl groups is 8. The van der Waals surface area contributed by atoms with Crippen molar-refractivity contribution in [1.29, 1.82) is 0 Å². The Kier molecular flexibility index (Phi) is 10.3. The maximum absolute atomic E-state index is 10.1. The Morgan fingerprint density at radius 3 is 2.12 bits per heavy atom. The molecular formula is C14H28O12. The molecule has 0 aromatic heterocycles. The number of rotatable bonds is 11. The predicted octanol–water partition coefficient (Wildman–Crippen LogP) is -4.79. The molecule has 8 N–H and O–H groups in total. The van der Waals surface area contributed by atoms with E-state index in [1.807, 2.05) is 0 Å². The van der Waals surface area contributed by atoms with E-state index >= 15 is 0 Å². The summed E-state index contributed by atoms with van der Waals surface area (Å²) in [5, 5.41) is 76.1. The molecule has 9 atom stereocenters. The maximum Gasteiger partial charge on any atom is 0.187 e. The van der Waals surface area contributed by atoms with E-state index in [-0.39, 0.29) is 6.61 Å². The van der Waals surface area contributed by atoms with Gasteiger partial charge in [-0.3, -0.25) is 0 Å². The van der Waals surface area contributed by atoms with Gasteiger partial charge in [0.1, 0.15) is 43.4 Å². The quantitative estimate of drug-likeness (QED) is 0.157. The van der Waals surface area contributed by atoms with Crippen molar-refractivity contribution >= 4 is 0 Å². The van der Waals surface area contributed by atoms with Crippen molar-refractivity contribution in [2.24, 2.45) is 0 Å². The van der Waals surface area contributed by atoms with E-state index in [0.717, 1.165) is 0 Å². The maximum atomic E-state index is 10.1. The lowest BCUT2D eigenvalue weighted by Crippen LogP contribution is -2.60. The van der Waals surface area contributed by atoms with Gasteiger partial charge in [0, 0.05) is 0 Å². The summed E-state index contributed by atoms with van der Waals surface area (Å²) < 4.78 is 20.1. The summed E-state index contributed by atoms with van der Waals surface area (Å²) in [4.78, 5) is 0.